The number of cyclic esters (lactones) is 1. The van der Waals surface area contributed by atoms with Gasteiger partial charge in [-0.1, -0.05) is 27.7 Å². The van der Waals surface area contributed by atoms with Gasteiger partial charge in [0.25, 0.3) is 0 Å². The van der Waals surface area contributed by atoms with Gasteiger partial charge in [0.2, 0.25) is 0 Å². The molecule has 1 fully saturated rings. The fourth-order valence-corrected chi connectivity index (χ4v) is 1.96. The average molecular weight is 191 g/mol. The smallest absolute Gasteiger partial charge is 0.331 e. The largest absolute Gasteiger partial charge is 0.458 e. The van der Waals surface area contributed by atoms with Gasteiger partial charge in [0.15, 0.2) is 4.87 Å². The van der Waals surface area contributed by atoms with Crippen molar-refractivity contribution in [3.63, 3.8) is 0 Å². The Labute approximate surface area is 78.2 Å². The highest BCUT2D eigenvalue weighted by molar-refractivity contribution is 6.36. The molecule has 3 heteroatoms. The Hall–Kier alpha value is -0.240. The second-order valence-electron chi connectivity index (χ2n) is 4.37. The normalized spacial score (nSPS) is 35.8. The lowest BCUT2D eigenvalue weighted by atomic mass is 9.76. The maximum Gasteiger partial charge on any atom is 0.331 e. The summed E-state index contributed by atoms with van der Waals surface area (Å²) >= 11 is 6.12. The lowest BCUT2D eigenvalue weighted by molar-refractivity contribution is -0.192. The number of halogens is 1. The third-order valence-electron chi connectivity index (χ3n) is 2.28. The van der Waals surface area contributed by atoms with E-state index in [-0.39, 0.29) is 17.5 Å². The third-order valence-corrected chi connectivity index (χ3v) is 2.90. The Kier molecular flexibility index (Phi) is 2.15. The van der Waals surface area contributed by atoms with Crippen molar-refractivity contribution in [2.75, 3.05) is 0 Å². The monoisotopic (exact) mass is 190 g/mol. The second kappa shape index (κ2) is 2.63. The molecule has 1 saturated heterocycles. The van der Waals surface area contributed by atoms with E-state index in [1.165, 1.54) is 0 Å². The number of rotatable bonds is 1. The Morgan fingerprint density at radius 3 is 2.25 bits per heavy atom. The van der Waals surface area contributed by atoms with Gasteiger partial charge in [0, 0.05) is 5.41 Å². The Morgan fingerprint density at radius 1 is 1.58 bits per heavy atom. The van der Waals surface area contributed by atoms with Crippen LogP contribution in [0.15, 0.2) is 0 Å². The van der Waals surface area contributed by atoms with Crippen molar-refractivity contribution in [3.8, 4) is 0 Å². The van der Waals surface area contributed by atoms with Crippen LogP contribution < -0.4 is 0 Å². The van der Waals surface area contributed by atoms with Crippen LogP contribution in [0.3, 0.4) is 0 Å². The molecule has 0 aromatic carbocycles. The zero-order valence-electron chi connectivity index (χ0n) is 7.98. The summed E-state index contributed by atoms with van der Waals surface area (Å²) in [5.41, 5.74) is -0.0638. The molecular weight excluding hydrogens is 176 g/mol. The van der Waals surface area contributed by atoms with Gasteiger partial charge >= 0.3 is 5.97 Å². The molecule has 0 bridgehead atoms. The van der Waals surface area contributed by atoms with Crippen LogP contribution in [-0.4, -0.2) is 16.9 Å². The van der Waals surface area contributed by atoms with Gasteiger partial charge in [-0.3, -0.25) is 0 Å². The SMILES string of the molecule is CC[C@@]1(Cl)C(=O)O[C@H]1C(C)(C)C. The quantitative estimate of drug-likeness (QED) is 0.469. The van der Waals surface area contributed by atoms with Gasteiger partial charge in [0.05, 0.1) is 0 Å². The summed E-state index contributed by atoms with van der Waals surface area (Å²) in [6.07, 6.45) is 0.485. The standard InChI is InChI=1S/C9H15ClO2/c1-5-9(10)6(8(2,3)4)12-7(9)11/h6H,5H2,1-4H3/t6-,9-/m0/s1. The topological polar surface area (TPSA) is 26.3 Å². The summed E-state index contributed by atoms with van der Waals surface area (Å²) < 4.78 is 5.04. The van der Waals surface area contributed by atoms with Crippen molar-refractivity contribution < 1.29 is 9.53 Å². The molecule has 0 aliphatic carbocycles. The van der Waals surface area contributed by atoms with Gasteiger partial charge < -0.3 is 4.74 Å². The predicted molar refractivity (Wildman–Crippen MR) is 48.2 cm³/mol. The zero-order chi connectivity index (χ0) is 9.57. The first kappa shape index (κ1) is 9.85. The number of hydrogen-bond donors (Lipinski definition) is 0. The van der Waals surface area contributed by atoms with Crippen LogP contribution in [-0.2, 0) is 9.53 Å². The molecule has 0 unspecified atom stereocenters. The number of esters is 1. The molecule has 1 rings (SSSR count). The summed E-state index contributed by atoms with van der Waals surface area (Å²) in [5.74, 6) is -0.272. The maximum atomic E-state index is 11.1. The number of alkyl halides is 1. The van der Waals surface area contributed by atoms with Crippen molar-refractivity contribution in [2.45, 2.75) is 45.1 Å². The third kappa shape index (κ3) is 1.22. The number of carbonyl (C=O) groups is 1. The van der Waals surface area contributed by atoms with Gasteiger partial charge in [0.1, 0.15) is 6.10 Å². The van der Waals surface area contributed by atoms with Crippen LogP contribution in [0.5, 0.6) is 0 Å². The van der Waals surface area contributed by atoms with Crippen molar-refractivity contribution in [2.24, 2.45) is 5.41 Å². The molecule has 1 aliphatic heterocycles. The predicted octanol–water partition coefficient (Wildman–Crippen LogP) is 2.35. The summed E-state index contributed by atoms with van der Waals surface area (Å²) in [6.45, 7) is 7.98. The summed E-state index contributed by atoms with van der Waals surface area (Å²) in [6, 6.07) is 0. The molecule has 0 N–H and O–H groups in total. The fraction of sp³-hybridized carbons (Fsp3) is 0.889. The Morgan fingerprint density at radius 2 is 2.08 bits per heavy atom. The van der Waals surface area contributed by atoms with Crippen LogP contribution in [0, 0.1) is 5.41 Å². The van der Waals surface area contributed by atoms with Crippen LogP contribution in [0.25, 0.3) is 0 Å². The van der Waals surface area contributed by atoms with E-state index in [0.29, 0.717) is 6.42 Å². The number of carbonyl (C=O) groups excluding carboxylic acids is 1. The first-order valence-corrected chi connectivity index (χ1v) is 4.60. The molecule has 0 spiro atoms. The zero-order valence-corrected chi connectivity index (χ0v) is 8.73. The van der Waals surface area contributed by atoms with Gasteiger partial charge in [-0.15, -0.1) is 11.6 Å². The van der Waals surface area contributed by atoms with Gasteiger partial charge in [-0.05, 0) is 6.42 Å². The molecule has 2 atom stereocenters. The molecule has 2 nitrogen and oxygen atoms in total. The average Bonchev–Trinajstić information content (AvgIpc) is 1.96. The Balaban J connectivity index is 2.80. The molecule has 70 valence electrons. The van der Waals surface area contributed by atoms with Crippen LogP contribution in [0.2, 0.25) is 0 Å². The molecule has 1 heterocycles. The molecule has 0 radical (unpaired) electrons. The molecular formula is C9H15ClO2. The van der Waals surface area contributed by atoms with E-state index in [0.717, 1.165) is 0 Å². The van der Waals surface area contributed by atoms with Gasteiger partial charge in [-0.2, -0.15) is 0 Å². The Bertz CT molecular complexity index is 207. The minimum Gasteiger partial charge on any atom is -0.458 e. The molecule has 0 amide bonds. The van der Waals surface area contributed by atoms with Crippen LogP contribution >= 0.6 is 11.6 Å². The highest BCUT2D eigenvalue weighted by Gasteiger charge is 2.60. The van der Waals surface area contributed by atoms with E-state index in [9.17, 15) is 4.79 Å². The maximum absolute atomic E-state index is 11.1. The van der Waals surface area contributed by atoms with E-state index in [2.05, 4.69) is 0 Å². The van der Waals surface area contributed by atoms with Crippen molar-refractivity contribution in [1.29, 1.82) is 0 Å². The summed E-state index contributed by atoms with van der Waals surface area (Å²) in [4.78, 5) is 10.3. The highest BCUT2D eigenvalue weighted by atomic mass is 35.5. The van der Waals surface area contributed by atoms with Crippen molar-refractivity contribution >= 4 is 17.6 Å². The van der Waals surface area contributed by atoms with E-state index in [4.69, 9.17) is 16.3 Å². The minimum absolute atomic E-state index is 0.0638. The lowest BCUT2D eigenvalue weighted by Crippen LogP contribution is -2.63. The van der Waals surface area contributed by atoms with E-state index in [1.807, 2.05) is 27.7 Å². The molecule has 12 heavy (non-hydrogen) atoms. The van der Waals surface area contributed by atoms with E-state index >= 15 is 0 Å². The minimum atomic E-state index is -0.766. The van der Waals surface area contributed by atoms with E-state index < -0.39 is 4.87 Å². The van der Waals surface area contributed by atoms with Crippen molar-refractivity contribution in [3.05, 3.63) is 0 Å². The first-order chi connectivity index (χ1) is 5.32. The fourth-order valence-electron chi connectivity index (χ4n) is 1.54. The summed E-state index contributed by atoms with van der Waals surface area (Å²) in [7, 11) is 0. The summed E-state index contributed by atoms with van der Waals surface area (Å²) in [5, 5.41) is 0. The second-order valence-corrected chi connectivity index (χ2v) is 5.04. The number of hydrogen-bond acceptors (Lipinski definition) is 2. The van der Waals surface area contributed by atoms with Crippen molar-refractivity contribution in [1.82, 2.24) is 0 Å². The van der Waals surface area contributed by atoms with Gasteiger partial charge in [-0.25, -0.2) is 4.79 Å². The highest BCUT2D eigenvalue weighted by Crippen LogP contribution is 2.45. The number of ether oxygens (including phenoxy) is 1. The first-order valence-electron chi connectivity index (χ1n) is 4.22. The lowest BCUT2D eigenvalue weighted by Gasteiger charge is -2.48. The van der Waals surface area contributed by atoms with Crippen LogP contribution in [0.1, 0.15) is 34.1 Å². The molecule has 0 aromatic rings. The molecule has 1 aliphatic rings. The van der Waals surface area contributed by atoms with E-state index in [1.54, 1.807) is 0 Å². The molecule has 0 saturated carbocycles. The van der Waals surface area contributed by atoms with Crippen LogP contribution in [0.4, 0.5) is 0 Å². The molecule has 0 aromatic heterocycles.